The molecule has 4 rings (SSSR count). The Labute approximate surface area is 291 Å². The zero-order chi connectivity index (χ0) is 35.9. The minimum Gasteiger partial charge on any atom is -0.457 e. The van der Waals surface area contributed by atoms with Gasteiger partial charge in [-0.05, 0) is 86.9 Å². The fourth-order valence-corrected chi connectivity index (χ4v) is 7.66. The zero-order valence-corrected chi connectivity index (χ0v) is 30.7. The van der Waals surface area contributed by atoms with Crippen molar-refractivity contribution in [3.8, 4) is 0 Å². The van der Waals surface area contributed by atoms with Gasteiger partial charge in [-0.3, -0.25) is 4.79 Å². The molecule has 0 bridgehead atoms. The number of benzene rings is 1. The van der Waals surface area contributed by atoms with E-state index in [4.69, 9.17) is 9.47 Å². The minimum atomic E-state index is -3.21. The van der Waals surface area contributed by atoms with Gasteiger partial charge in [0.1, 0.15) is 18.0 Å². The van der Waals surface area contributed by atoms with Gasteiger partial charge in [0, 0.05) is 64.5 Å². The Hall–Kier alpha value is -3.00. The number of aliphatic hydroxyl groups excluding tert-OH is 1. The van der Waals surface area contributed by atoms with Crippen LogP contribution in [0.4, 0.5) is 14.9 Å². The number of nitrogens with zero attached hydrogens (tertiary/aromatic N) is 4. The second-order valence-corrected chi connectivity index (χ2v) is 16.3. The van der Waals surface area contributed by atoms with E-state index in [1.165, 1.54) is 22.7 Å². The Bertz CT molecular complexity index is 1450. The molecule has 1 aromatic carbocycles. The second-order valence-electron chi connectivity index (χ2n) is 14.3. The number of likely N-dealkylation sites (N-methyl/N-ethyl adjacent to an activating group) is 1. The molecule has 5 atom stereocenters. The Kier molecular flexibility index (Phi) is 13.7. The van der Waals surface area contributed by atoms with Crippen LogP contribution < -0.4 is 4.90 Å². The van der Waals surface area contributed by atoms with Crippen LogP contribution in [0.2, 0.25) is 0 Å². The molecule has 3 heterocycles. The molecule has 3 aliphatic rings. The van der Waals surface area contributed by atoms with Crippen molar-refractivity contribution in [3.63, 3.8) is 0 Å². The Morgan fingerprint density at radius 1 is 1.06 bits per heavy atom. The second kappa shape index (κ2) is 17.3. The molecule has 0 aliphatic carbocycles. The number of hydrogen-bond donors (Lipinski definition) is 1. The molecule has 0 aromatic heterocycles. The number of hydrogen-bond acceptors (Lipinski definition) is 9. The van der Waals surface area contributed by atoms with Crippen LogP contribution >= 0.6 is 0 Å². The summed E-state index contributed by atoms with van der Waals surface area (Å²) in [4.78, 5) is 31.9. The maximum absolute atomic E-state index is 15.0. The summed E-state index contributed by atoms with van der Waals surface area (Å²) in [5, 5.41) is 10.7. The molecule has 49 heavy (non-hydrogen) atoms. The smallest absolute Gasteiger partial charge is 0.410 e. The molecule has 0 unspecified atom stereocenters. The Morgan fingerprint density at radius 2 is 1.73 bits per heavy atom. The highest BCUT2D eigenvalue weighted by Gasteiger charge is 2.30. The van der Waals surface area contributed by atoms with Crippen LogP contribution in [0.1, 0.15) is 58.4 Å². The summed E-state index contributed by atoms with van der Waals surface area (Å²) in [6, 6.07) is 4.80. The summed E-state index contributed by atoms with van der Waals surface area (Å²) >= 11 is 0. The lowest BCUT2D eigenvalue weighted by molar-refractivity contribution is -0.151. The maximum Gasteiger partial charge on any atom is 0.410 e. The largest absolute Gasteiger partial charge is 0.457 e. The molecule has 0 radical (unpaired) electrons. The van der Waals surface area contributed by atoms with Crippen molar-refractivity contribution < 1.29 is 37.0 Å². The average molecular weight is 707 g/mol. The summed E-state index contributed by atoms with van der Waals surface area (Å²) in [5.74, 6) is -1.05. The van der Waals surface area contributed by atoms with Gasteiger partial charge in [0.15, 0.2) is 0 Å². The van der Waals surface area contributed by atoms with Crippen LogP contribution in [0.25, 0.3) is 6.08 Å². The SMILES string of the molecule is C/C(=C\c1cc(F)cc(N(C)CC2CCN(S(C)(=O)=O)CC2)c1)[C@H]1OC(=O)C[C@H](O)CC[C@H](C)[C@@H](OC(=O)N2CCN(C)CC2)/C=C\[C@@H]1C. The third-order valence-corrected chi connectivity index (χ3v) is 11.3. The van der Waals surface area contributed by atoms with Crippen molar-refractivity contribution >= 4 is 33.8 Å². The van der Waals surface area contributed by atoms with Crippen LogP contribution in [0, 0.1) is 23.6 Å². The number of anilines is 1. The van der Waals surface area contributed by atoms with E-state index >= 15 is 0 Å². The van der Waals surface area contributed by atoms with Crippen LogP contribution in [-0.2, 0) is 24.3 Å². The van der Waals surface area contributed by atoms with Gasteiger partial charge in [0.25, 0.3) is 0 Å². The number of esters is 1. The molecule has 0 spiro atoms. The van der Waals surface area contributed by atoms with Crippen LogP contribution in [0.5, 0.6) is 0 Å². The highest BCUT2D eigenvalue weighted by molar-refractivity contribution is 7.88. The zero-order valence-electron chi connectivity index (χ0n) is 29.9. The average Bonchev–Trinajstić information content (AvgIpc) is 3.03. The molecule has 3 aliphatic heterocycles. The monoisotopic (exact) mass is 706 g/mol. The van der Waals surface area contributed by atoms with Crippen LogP contribution in [-0.4, -0.2) is 124 Å². The van der Waals surface area contributed by atoms with E-state index in [1.807, 2.05) is 64.1 Å². The number of sulfonamides is 1. The quantitative estimate of drug-likeness (QED) is 0.326. The van der Waals surface area contributed by atoms with Gasteiger partial charge in [0.2, 0.25) is 10.0 Å². The highest BCUT2D eigenvalue weighted by atomic mass is 32.2. The molecular formula is C36H55FN4O7S. The van der Waals surface area contributed by atoms with E-state index in [0.29, 0.717) is 62.4 Å². The molecule has 11 nitrogen and oxygen atoms in total. The first-order valence-corrected chi connectivity index (χ1v) is 19.3. The number of piperidine rings is 1. The van der Waals surface area contributed by atoms with E-state index in [-0.39, 0.29) is 30.3 Å². The predicted molar refractivity (Wildman–Crippen MR) is 189 cm³/mol. The fraction of sp³-hybridized carbons (Fsp3) is 0.667. The summed E-state index contributed by atoms with van der Waals surface area (Å²) in [6.07, 6.45) is 6.56. The van der Waals surface area contributed by atoms with Gasteiger partial charge < -0.3 is 29.3 Å². The minimum absolute atomic E-state index is 0.0880. The summed E-state index contributed by atoms with van der Waals surface area (Å²) in [7, 11) is 0.718. The highest BCUT2D eigenvalue weighted by Crippen LogP contribution is 2.28. The van der Waals surface area contributed by atoms with Gasteiger partial charge in [-0.15, -0.1) is 0 Å². The first-order valence-electron chi connectivity index (χ1n) is 17.4. The van der Waals surface area contributed by atoms with Crippen molar-refractivity contribution in [2.45, 2.75) is 71.2 Å². The van der Waals surface area contributed by atoms with Crippen molar-refractivity contribution in [1.82, 2.24) is 14.1 Å². The molecule has 1 amide bonds. The van der Waals surface area contributed by atoms with Gasteiger partial charge >= 0.3 is 12.1 Å². The lowest BCUT2D eigenvalue weighted by Crippen LogP contribution is -2.48. The number of ether oxygens (including phenoxy) is 2. The lowest BCUT2D eigenvalue weighted by Gasteiger charge is -2.33. The van der Waals surface area contributed by atoms with E-state index in [2.05, 4.69) is 4.90 Å². The molecule has 0 saturated carbocycles. The first kappa shape index (κ1) is 38.8. The summed E-state index contributed by atoms with van der Waals surface area (Å²) < 4.78 is 52.2. The van der Waals surface area contributed by atoms with Crippen molar-refractivity contribution in [2.24, 2.45) is 17.8 Å². The number of piperazine rings is 1. The fourth-order valence-electron chi connectivity index (χ4n) is 6.79. The van der Waals surface area contributed by atoms with Crippen LogP contribution in [0.3, 0.4) is 0 Å². The van der Waals surface area contributed by atoms with Crippen molar-refractivity contribution in [3.05, 3.63) is 47.3 Å². The summed E-state index contributed by atoms with van der Waals surface area (Å²) in [6.45, 7) is 10.1. The van der Waals surface area contributed by atoms with E-state index in [0.717, 1.165) is 25.9 Å². The van der Waals surface area contributed by atoms with Crippen molar-refractivity contribution in [1.29, 1.82) is 0 Å². The van der Waals surface area contributed by atoms with Gasteiger partial charge in [-0.1, -0.05) is 26.0 Å². The maximum atomic E-state index is 15.0. The number of rotatable bonds is 7. The normalized spacial score (nSPS) is 28.2. The van der Waals surface area contributed by atoms with Gasteiger partial charge in [-0.2, -0.15) is 0 Å². The molecule has 2 fully saturated rings. The number of carbonyl (C=O) groups is 2. The molecule has 274 valence electrons. The van der Waals surface area contributed by atoms with Gasteiger partial charge in [0.05, 0.1) is 18.8 Å². The Balaban J connectivity index is 1.51. The number of carbonyl (C=O) groups excluding carboxylic acids is 2. The third kappa shape index (κ3) is 11.5. The lowest BCUT2D eigenvalue weighted by atomic mass is 9.91. The number of halogens is 1. The van der Waals surface area contributed by atoms with E-state index < -0.39 is 40.1 Å². The van der Waals surface area contributed by atoms with Crippen molar-refractivity contribution in [2.75, 3.05) is 71.1 Å². The molecule has 2 saturated heterocycles. The number of aliphatic hydroxyl groups is 1. The molecular weight excluding hydrogens is 651 g/mol. The summed E-state index contributed by atoms with van der Waals surface area (Å²) in [5.41, 5.74) is 2.00. The first-order chi connectivity index (χ1) is 23.1. The van der Waals surface area contributed by atoms with E-state index in [9.17, 15) is 27.5 Å². The standard InChI is InChI=1S/C36H55FN4O7S/c1-25-7-9-32(42)23-34(43)48-35(26(2)8-10-33(25)47-36(44)40-17-15-38(4)16-18-40)27(3)19-29-20-30(37)22-31(21-29)39(5)24-28-11-13-41(14-12-28)49(6,45)46/h8,10,19-22,25-26,28,32-33,35,42H,7,9,11-18,23-24H2,1-6H3/b10-8-,27-19+/t25-,26-,32+,33-,35-/m0/s1. The number of amides is 1. The van der Waals surface area contributed by atoms with E-state index in [1.54, 1.807) is 4.90 Å². The molecule has 1 aromatic rings. The van der Waals surface area contributed by atoms with Gasteiger partial charge in [-0.25, -0.2) is 21.9 Å². The topological polar surface area (TPSA) is 120 Å². The third-order valence-electron chi connectivity index (χ3n) is 10.0. The number of cyclic esters (lactones) is 1. The Morgan fingerprint density at radius 3 is 2.39 bits per heavy atom. The predicted octanol–water partition coefficient (Wildman–Crippen LogP) is 4.37. The molecule has 13 heteroatoms. The van der Waals surface area contributed by atoms with Crippen LogP contribution in [0.15, 0.2) is 35.9 Å². The molecule has 1 N–H and O–H groups in total.